The molecule has 4 nitrogen and oxygen atoms in total. The molecule has 2 heterocycles. The molecule has 0 saturated carbocycles. The van der Waals surface area contributed by atoms with Crippen LogP contribution in [-0.2, 0) is 16.7 Å². The summed E-state index contributed by atoms with van der Waals surface area (Å²) in [5.74, 6) is 0.853. The maximum absolute atomic E-state index is 6.26. The SMILES string of the molecule is CCNC(=NCc1ccsc1)NCC1(c2cccc(Cl)c2)CCOCC1.I. The number of hydrogen-bond donors (Lipinski definition) is 2. The third-order valence-electron chi connectivity index (χ3n) is 4.83. The molecule has 1 aliphatic rings. The molecule has 1 saturated heterocycles. The fourth-order valence-electron chi connectivity index (χ4n) is 3.30. The molecule has 0 radical (unpaired) electrons. The van der Waals surface area contributed by atoms with Crippen molar-refractivity contribution in [3.8, 4) is 0 Å². The van der Waals surface area contributed by atoms with E-state index in [2.05, 4.69) is 46.5 Å². The van der Waals surface area contributed by atoms with Gasteiger partial charge in [0.25, 0.3) is 0 Å². The molecule has 1 aliphatic heterocycles. The van der Waals surface area contributed by atoms with Crippen LogP contribution in [0.5, 0.6) is 0 Å². The van der Waals surface area contributed by atoms with Crippen LogP contribution in [0.1, 0.15) is 30.9 Å². The van der Waals surface area contributed by atoms with Crippen LogP contribution in [-0.4, -0.2) is 32.3 Å². The Bertz CT molecular complexity index is 718. The van der Waals surface area contributed by atoms with E-state index >= 15 is 0 Å². The second kappa shape index (κ2) is 11.2. The first-order chi connectivity index (χ1) is 12.7. The zero-order valence-electron chi connectivity index (χ0n) is 15.5. The largest absolute Gasteiger partial charge is 0.381 e. The van der Waals surface area contributed by atoms with Crippen LogP contribution >= 0.6 is 46.9 Å². The molecule has 1 aromatic carbocycles. The molecule has 0 bridgehead atoms. The first-order valence-electron chi connectivity index (χ1n) is 9.09. The number of nitrogens with zero attached hydrogens (tertiary/aromatic N) is 1. The van der Waals surface area contributed by atoms with Crippen LogP contribution in [0.15, 0.2) is 46.1 Å². The molecular formula is C20H27ClIN3OS. The average molecular weight is 520 g/mol. The summed E-state index contributed by atoms with van der Waals surface area (Å²) < 4.78 is 5.62. The van der Waals surface area contributed by atoms with E-state index in [4.69, 9.17) is 21.3 Å². The van der Waals surface area contributed by atoms with Crippen LogP contribution in [0.2, 0.25) is 5.02 Å². The minimum Gasteiger partial charge on any atom is -0.381 e. The summed E-state index contributed by atoms with van der Waals surface area (Å²) in [4.78, 5) is 4.73. The Kier molecular flexibility index (Phi) is 9.35. The second-order valence-corrected chi connectivity index (χ2v) is 7.80. The number of ether oxygens (including phenoxy) is 1. The van der Waals surface area contributed by atoms with Crippen LogP contribution in [0, 0.1) is 0 Å². The van der Waals surface area contributed by atoms with Crippen molar-refractivity contribution >= 4 is 52.9 Å². The topological polar surface area (TPSA) is 45.7 Å². The van der Waals surface area contributed by atoms with Crippen LogP contribution in [0.3, 0.4) is 0 Å². The van der Waals surface area contributed by atoms with Crippen molar-refractivity contribution in [3.63, 3.8) is 0 Å². The van der Waals surface area contributed by atoms with Crippen molar-refractivity contribution < 1.29 is 4.74 Å². The molecule has 7 heteroatoms. The average Bonchev–Trinajstić information content (AvgIpc) is 3.18. The van der Waals surface area contributed by atoms with E-state index < -0.39 is 0 Å². The highest BCUT2D eigenvalue weighted by Crippen LogP contribution is 2.35. The zero-order chi connectivity index (χ0) is 18.2. The quantitative estimate of drug-likeness (QED) is 0.327. The fourth-order valence-corrected chi connectivity index (χ4v) is 4.15. The Balaban J connectivity index is 0.00000261. The van der Waals surface area contributed by atoms with E-state index in [1.165, 1.54) is 11.1 Å². The summed E-state index contributed by atoms with van der Waals surface area (Å²) in [6.07, 6.45) is 1.95. The lowest BCUT2D eigenvalue weighted by Crippen LogP contribution is -2.48. The molecule has 0 atom stereocenters. The monoisotopic (exact) mass is 519 g/mol. The van der Waals surface area contributed by atoms with E-state index in [1.807, 2.05) is 12.1 Å². The highest BCUT2D eigenvalue weighted by atomic mass is 127. The van der Waals surface area contributed by atoms with Gasteiger partial charge in [-0.25, -0.2) is 4.99 Å². The third kappa shape index (κ3) is 6.34. The Labute approximate surface area is 187 Å². The number of hydrogen-bond acceptors (Lipinski definition) is 3. The molecule has 3 rings (SSSR count). The second-order valence-electron chi connectivity index (χ2n) is 6.58. The van der Waals surface area contributed by atoms with Gasteiger partial charge >= 0.3 is 0 Å². The van der Waals surface area contributed by atoms with Gasteiger partial charge in [-0.15, -0.1) is 24.0 Å². The van der Waals surface area contributed by atoms with Crippen LogP contribution < -0.4 is 10.6 Å². The zero-order valence-corrected chi connectivity index (χ0v) is 19.4. The van der Waals surface area contributed by atoms with Gasteiger partial charge in [0.05, 0.1) is 6.54 Å². The van der Waals surface area contributed by atoms with Gasteiger partial charge < -0.3 is 15.4 Å². The molecule has 27 heavy (non-hydrogen) atoms. The highest BCUT2D eigenvalue weighted by Gasteiger charge is 2.34. The van der Waals surface area contributed by atoms with Crippen LogP contribution in [0.4, 0.5) is 0 Å². The number of thiophene rings is 1. The Morgan fingerprint density at radius 1 is 1.26 bits per heavy atom. The molecule has 0 aliphatic carbocycles. The molecule has 1 fully saturated rings. The van der Waals surface area contributed by atoms with Gasteiger partial charge in [0.2, 0.25) is 0 Å². The highest BCUT2D eigenvalue weighted by molar-refractivity contribution is 14.0. The maximum atomic E-state index is 6.26. The smallest absolute Gasteiger partial charge is 0.191 e. The molecule has 0 amide bonds. The van der Waals surface area contributed by atoms with Crippen molar-refractivity contribution in [2.75, 3.05) is 26.3 Å². The lowest BCUT2D eigenvalue weighted by atomic mass is 9.74. The number of nitrogens with one attached hydrogen (secondary N) is 2. The molecular weight excluding hydrogens is 493 g/mol. The summed E-state index contributed by atoms with van der Waals surface area (Å²) >= 11 is 7.96. The molecule has 1 aromatic heterocycles. The third-order valence-corrected chi connectivity index (χ3v) is 5.79. The number of aliphatic imine (C=N–C) groups is 1. The van der Waals surface area contributed by atoms with E-state index in [9.17, 15) is 0 Å². The van der Waals surface area contributed by atoms with Gasteiger partial charge in [0, 0.05) is 36.7 Å². The summed E-state index contributed by atoms with van der Waals surface area (Å²) in [6.45, 7) is 5.97. The summed E-state index contributed by atoms with van der Waals surface area (Å²) in [5, 5.41) is 11.9. The molecule has 148 valence electrons. The Morgan fingerprint density at radius 3 is 2.74 bits per heavy atom. The first kappa shape index (κ1) is 22.5. The standard InChI is InChI=1S/C20H26ClN3OS.HI/c1-2-22-19(23-13-16-6-11-26-14-16)24-15-20(7-9-25-10-8-20)17-4-3-5-18(21)12-17;/h3-6,11-12,14H,2,7-10,13,15H2,1H3,(H2,22,23,24);1H. The number of halogens is 2. The van der Waals surface area contributed by atoms with Crippen molar-refractivity contribution in [1.29, 1.82) is 0 Å². The minimum atomic E-state index is 0. The Hall–Kier alpha value is -0.830. The van der Waals surface area contributed by atoms with Crippen LogP contribution in [0.25, 0.3) is 0 Å². The first-order valence-corrected chi connectivity index (χ1v) is 10.4. The van der Waals surface area contributed by atoms with Crippen molar-refractivity contribution in [3.05, 3.63) is 57.2 Å². The lowest BCUT2D eigenvalue weighted by Gasteiger charge is -2.38. The van der Waals surface area contributed by atoms with Gasteiger partial charge in [-0.1, -0.05) is 23.7 Å². The van der Waals surface area contributed by atoms with Gasteiger partial charge in [-0.3, -0.25) is 0 Å². The van der Waals surface area contributed by atoms with E-state index in [1.54, 1.807) is 11.3 Å². The van der Waals surface area contributed by atoms with Gasteiger partial charge in [0.1, 0.15) is 0 Å². The normalized spacial score (nSPS) is 16.4. The molecule has 0 unspecified atom stereocenters. The Morgan fingerprint density at radius 2 is 2.07 bits per heavy atom. The van der Waals surface area contributed by atoms with Crippen molar-refractivity contribution in [2.24, 2.45) is 4.99 Å². The minimum absolute atomic E-state index is 0. The molecule has 2 aromatic rings. The van der Waals surface area contributed by atoms with Gasteiger partial charge in [-0.2, -0.15) is 11.3 Å². The summed E-state index contributed by atoms with van der Waals surface area (Å²) in [7, 11) is 0. The van der Waals surface area contributed by atoms with Crippen molar-refractivity contribution in [2.45, 2.75) is 31.7 Å². The fraction of sp³-hybridized carbons (Fsp3) is 0.450. The van der Waals surface area contributed by atoms with E-state index in [-0.39, 0.29) is 29.4 Å². The predicted molar refractivity (Wildman–Crippen MR) is 126 cm³/mol. The van der Waals surface area contributed by atoms with E-state index in [0.717, 1.165) is 50.1 Å². The van der Waals surface area contributed by atoms with Gasteiger partial charge in [-0.05, 0) is 59.9 Å². The number of rotatable bonds is 6. The number of benzene rings is 1. The lowest BCUT2D eigenvalue weighted by molar-refractivity contribution is 0.0514. The summed E-state index contributed by atoms with van der Waals surface area (Å²) in [5.41, 5.74) is 2.53. The maximum Gasteiger partial charge on any atom is 0.191 e. The molecule has 0 spiro atoms. The van der Waals surface area contributed by atoms with Crippen molar-refractivity contribution in [1.82, 2.24) is 10.6 Å². The van der Waals surface area contributed by atoms with Gasteiger partial charge in [0.15, 0.2) is 5.96 Å². The number of guanidine groups is 1. The predicted octanol–water partition coefficient (Wildman–Crippen LogP) is 4.82. The van der Waals surface area contributed by atoms with E-state index in [0.29, 0.717) is 6.54 Å². The molecule has 2 N–H and O–H groups in total. The summed E-state index contributed by atoms with van der Waals surface area (Å²) in [6, 6.07) is 10.3.